The first kappa shape index (κ1) is 16.2. The molecular weight excluding hydrogens is 304 g/mol. The van der Waals surface area contributed by atoms with Gasteiger partial charge in [0.15, 0.2) is 0 Å². The van der Waals surface area contributed by atoms with Gasteiger partial charge in [-0.05, 0) is 50.7 Å². The van der Waals surface area contributed by atoms with Crippen LogP contribution in [0, 0.1) is 6.92 Å². The van der Waals surface area contributed by atoms with E-state index in [0.29, 0.717) is 11.4 Å². The first-order valence-corrected chi connectivity index (χ1v) is 9.04. The summed E-state index contributed by atoms with van der Waals surface area (Å²) in [6, 6.07) is 10.7. The predicted molar refractivity (Wildman–Crippen MR) is 87.0 cm³/mol. The summed E-state index contributed by atoms with van der Waals surface area (Å²) in [4.78, 5) is 2.49. The second-order valence-corrected chi connectivity index (χ2v) is 8.00. The second-order valence-electron chi connectivity index (χ2n) is 4.97. The molecule has 0 saturated heterocycles. The van der Waals surface area contributed by atoms with Gasteiger partial charge in [-0.2, -0.15) is 0 Å². The number of hydrogen-bond donors (Lipinski definition) is 2. The molecule has 0 radical (unpaired) electrons. The summed E-state index contributed by atoms with van der Waals surface area (Å²) in [5.74, 6) is 0. The van der Waals surface area contributed by atoms with Crippen molar-refractivity contribution in [1.29, 1.82) is 0 Å². The lowest BCUT2D eigenvalue weighted by atomic mass is 10.2. The Kier molecular flexibility index (Phi) is 5.16. The third-order valence-electron chi connectivity index (χ3n) is 3.11. The number of benzene rings is 1. The van der Waals surface area contributed by atoms with Crippen molar-refractivity contribution in [3.05, 3.63) is 51.7 Å². The molecule has 2 aromatic rings. The minimum Gasteiger partial charge on any atom is -0.316 e. The van der Waals surface area contributed by atoms with Crippen molar-refractivity contribution in [2.75, 3.05) is 7.05 Å². The quantitative estimate of drug-likeness (QED) is 0.859. The maximum atomic E-state index is 12.5. The van der Waals surface area contributed by atoms with Gasteiger partial charge in [-0.3, -0.25) is 0 Å². The summed E-state index contributed by atoms with van der Waals surface area (Å²) in [5.41, 5.74) is 0.944. The summed E-state index contributed by atoms with van der Waals surface area (Å²) >= 11 is 1.61. The fraction of sp³-hybridized carbons (Fsp3) is 0.333. The van der Waals surface area contributed by atoms with Crippen LogP contribution in [0.15, 0.2) is 41.3 Å². The van der Waals surface area contributed by atoms with Gasteiger partial charge >= 0.3 is 0 Å². The summed E-state index contributed by atoms with van der Waals surface area (Å²) in [6.07, 6.45) is 0. The van der Waals surface area contributed by atoms with Crippen LogP contribution in [0.5, 0.6) is 0 Å². The minimum atomic E-state index is -3.51. The first-order chi connectivity index (χ1) is 9.92. The average molecular weight is 324 g/mol. The van der Waals surface area contributed by atoms with Crippen molar-refractivity contribution in [2.24, 2.45) is 0 Å². The maximum absolute atomic E-state index is 12.5. The fourth-order valence-corrected chi connectivity index (χ4v) is 4.32. The van der Waals surface area contributed by atoms with Crippen molar-refractivity contribution < 1.29 is 8.42 Å². The van der Waals surface area contributed by atoms with Gasteiger partial charge in [-0.25, -0.2) is 13.1 Å². The Hall–Kier alpha value is -1.21. The molecule has 0 saturated carbocycles. The lowest BCUT2D eigenvalue weighted by Gasteiger charge is -2.13. The largest absolute Gasteiger partial charge is 0.316 e. The van der Waals surface area contributed by atoms with Gasteiger partial charge in [-0.1, -0.05) is 12.1 Å². The van der Waals surface area contributed by atoms with Crippen LogP contribution in [0.4, 0.5) is 0 Å². The molecule has 2 rings (SSSR count). The number of sulfonamides is 1. The molecule has 114 valence electrons. The van der Waals surface area contributed by atoms with Gasteiger partial charge in [0.05, 0.1) is 10.9 Å². The van der Waals surface area contributed by atoms with Crippen molar-refractivity contribution in [2.45, 2.75) is 31.3 Å². The second kappa shape index (κ2) is 6.70. The molecule has 0 spiro atoms. The van der Waals surface area contributed by atoms with E-state index in [2.05, 4.69) is 10.0 Å². The Morgan fingerprint density at radius 1 is 1.24 bits per heavy atom. The van der Waals surface area contributed by atoms with E-state index in [0.717, 1.165) is 10.4 Å². The number of hydrogen-bond acceptors (Lipinski definition) is 4. The Bertz CT molecular complexity index is 708. The van der Waals surface area contributed by atoms with Crippen LogP contribution in [0.2, 0.25) is 0 Å². The lowest BCUT2D eigenvalue weighted by Crippen LogP contribution is -2.26. The van der Waals surface area contributed by atoms with Crippen LogP contribution in [0.25, 0.3) is 0 Å². The van der Waals surface area contributed by atoms with Gasteiger partial charge in [0.2, 0.25) is 10.0 Å². The molecule has 1 unspecified atom stereocenters. The van der Waals surface area contributed by atoms with Crippen LogP contribution in [-0.2, 0) is 16.6 Å². The molecule has 1 atom stereocenters. The van der Waals surface area contributed by atoms with Crippen molar-refractivity contribution in [3.63, 3.8) is 0 Å². The van der Waals surface area contributed by atoms with Gasteiger partial charge in [0.1, 0.15) is 0 Å². The Morgan fingerprint density at radius 2 is 2.00 bits per heavy atom. The zero-order valence-corrected chi connectivity index (χ0v) is 14.0. The van der Waals surface area contributed by atoms with Gasteiger partial charge in [0.25, 0.3) is 0 Å². The number of rotatable bonds is 6. The number of aryl methyl sites for hydroxylation is 1. The highest BCUT2D eigenvalue weighted by Crippen LogP contribution is 2.24. The van der Waals surface area contributed by atoms with E-state index < -0.39 is 10.0 Å². The number of thiophene rings is 1. The van der Waals surface area contributed by atoms with E-state index in [9.17, 15) is 8.42 Å². The summed E-state index contributed by atoms with van der Waals surface area (Å²) in [6.45, 7) is 4.51. The third-order valence-corrected chi connectivity index (χ3v) is 5.83. The summed E-state index contributed by atoms with van der Waals surface area (Å²) in [5, 5.41) is 3.02. The van der Waals surface area contributed by atoms with Crippen LogP contribution in [-0.4, -0.2) is 15.5 Å². The van der Waals surface area contributed by atoms with E-state index in [1.165, 1.54) is 4.88 Å². The Balaban J connectivity index is 2.19. The van der Waals surface area contributed by atoms with E-state index in [1.807, 2.05) is 39.1 Å². The molecule has 0 amide bonds. The molecule has 1 aromatic carbocycles. The van der Waals surface area contributed by atoms with Crippen LogP contribution in [0.1, 0.15) is 28.3 Å². The van der Waals surface area contributed by atoms with E-state index in [-0.39, 0.29) is 6.04 Å². The summed E-state index contributed by atoms with van der Waals surface area (Å²) in [7, 11) is -1.68. The topological polar surface area (TPSA) is 58.2 Å². The van der Waals surface area contributed by atoms with Gasteiger partial charge in [-0.15, -0.1) is 11.3 Å². The molecule has 1 heterocycles. The first-order valence-electron chi connectivity index (χ1n) is 6.74. The molecular formula is C15H20N2O2S2. The summed E-state index contributed by atoms with van der Waals surface area (Å²) < 4.78 is 27.6. The van der Waals surface area contributed by atoms with Gasteiger partial charge < -0.3 is 5.32 Å². The predicted octanol–water partition coefficient (Wildman–Crippen LogP) is 2.82. The molecule has 0 aliphatic heterocycles. The Morgan fingerprint density at radius 3 is 2.62 bits per heavy atom. The lowest BCUT2D eigenvalue weighted by molar-refractivity contribution is 0.568. The maximum Gasteiger partial charge on any atom is 0.241 e. The normalized spacial score (nSPS) is 13.3. The Labute approximate surface area is 130 Å². The molecule has 0 aliphatic rings. The fourth-order valence-electron chi connectivity index (χ4n) is 2.07. The van der Waals surface area contributed by atoms with Crippen molar-refractivity contribution in [3.8, 4) is 0 Å². The van der Waals surface area contributed by atoms with Crippen LogP contribution in [0.3, 0.4) is 0 Å². The third kappa shape index (κ3) is 4.14. The monoisotopic (exact) mass is 324 g/mol. The van der Waals surface area contributed by atoms with Gasteiger partial charge in [0, 0.05) is 16.3 Å². The molecule has 0 bridgehead atoms. The van der Waals surface area contributed by atoms with E-state index in [4.69, 9.17) is 0 Å². The highest BCUT2D eigenvalue weighted by atomic mass is 32.2. The van der Waals surface area contributed by atoms with Crippen molar-refractivity contribution in [1.82, 2.24) is 10.0 Å². The molecule has 6 heteroatoms. The zero-order chi connectivity index (χ0) is 15.5. The minimum absolute atomic E-state index is 0.235. The highest BCUT2D eigenvalue weighted by Gasteiger charge is 2.19. The van der Waals surface area contributed by atoms with E-state index >= 15 is 0 Å². The number of nitrogens with one attached hydrogen (secondary N) is 2. The average Bonchev–Trinajstić information content (AvgIpc) is 2.86. The molecule has 21 heavy (non-hydrogen) atoms. The standard InChI is InChI=1S/C15H20N2O2S2/c1-11-7-8-15(20-11)12(2)17-21(18,19)14-6-4-5-13(9-14)10-16-3/h4-9,12,16-17H,10H2,1-3H3. The molecule has 1 aromatic heterocycles. The van der Waals surface area contributed by atoms with Crippen LogP contribution < -0.4 is 10.0 Å². The molecule has 4 nitrogen and oxygen atoms in total. The smallest absolute Gasteiger partial charge is 0.241 e. The van der Waals surface area contributed by atoms with Crippen molar-refractivity contribution >= 4 is 21.4 Å². The molecule has 2 N–H and O–H groups in total. The molecule has 0 aliphatic carbocycles. The highest BCUT2D eigenvalue weighted by molar-refractivity contribution is 7.89. The zero-order valence-electron chi connectivity index (χ0n) is 12.4. The van der Waals surface area contributed by atoms with Crippen LogP contribution >= 0.6 is 11.3 Å². The molecule has 0 fully saturated rings. The SMILES string of the molecule is CNCc1cccc(S(=O)(=O)NC(C)c2ccc(C)s2)c1. The van der Waals surface area contributed by atoms with E-state index in [1.54, 1.807) is 29.5 Å².